The molecule has 0 bridgehead atoms. The summed E-state index contributed by atoms with van der Waals surface area (Å²) in [5, 5.41) is 8.19. The van der Waals surface area contributed by atoms with Gasteiger partial charge in [0.2, 0.25) is 0 Å². The number of nitriles is 1. The molecule has 0 radical (unpaired) electrons. The molecule has 0 atom stereocenters. The molecule has 98 valence electrons. The molecule has 0 amide bonds. The standard InChI is InChI=1S/C11H9N.C5H8O2/c12-10-6-2-5-9-11-7-3-1-4-8-11;1-3-5(6)7-4-2/h1-9H;3H,1,4H2,2H3. The minimum atomic E-state index is -0.359. The van der Waals surface area contributed by atoms with Gasteiger partial charge in [0.25, 0.3) is 0 Å². The Morgan fingerprint density at radius 2 is 2.05 bits per heavy atom. The van der Waals surface area contributed by atoms with Crippen molar-refractivity contribution >= 4 is 12.0 Å². The number of allylic oxidation sites excluding steroid dienone is 3. The molecule has 0 aliphatic heterocycles. The van der Waals surface area contributed by atoms with E-state index in [1.807, 2.05) is 48.6 Å². The van der Waals surface area contributed by atoms with Crippen LogP contribution in [0.25, 0.3) is 6.08 Å². The van der Waals surface area contributed by atoms with Gasteiger partial charge in [-0.25, -0.2) is 4.79 Å². The monoisotopic (exact) mass is 255 g/mol. The molecule has 0 aliphatic rings. The fourth-order valence-corrected chi connectivity index (χ4v) is 1.03. The molecule has 0 N–H and O–H groups in total. The van der Waals surface area contributed by atoms with Gasteiger partial charge in [0.1, 0.15) is 0 Å². The third kappa shape index (κ3) is 10.3. The number of hydrogen-bond acceptors (Lipinski definition) is 3. The van der Waals surface area contributed by atoms with Crippen LogP contribution in [0.3, 0.4) is 0 Å². The first-order chi connectivity index (χ1) is 9.24. The summed E-state index contributed by atoms with van der Waals surface area (Å²) in [7, 11) is 0. The Labute approximate surface area is 114 Å². The van der Waals surface area contributed by atoms with Gasteiger partial charge in [0.15, 0.2) is 0 Å². The molecule has 0 saturated heterocycles. The highest BCUT2D eigenvalue weighted by atomic mass is 16.5. The van der Waals surface area contributed by atoms with Crippen molar-refractivity contribution in [2.75, 3.05) is 6.61 Å². The maximum absolute atomic E-state index is 10.1. The summed E-state index contributed by atoms with van der Waals surface area (Å²) >= 11 is 0. The molecule has 0 aliphatic carbocycles. The lowest BCUT2D eigenvalue weighted by Gasteiger charge is -1.90. The molecule has 1 aromatic carbocycles. The number of rotatable bonds is 4. The van der Waals surface area contributed by atoms with Gasteiger partial charge in [-0.05, 0) is 12.5 Å². The van der Waals surface area contributed by atoms with Crippen LogP contribution in [0.4, 0.5) is 0 Å². The van der Waals surface area contributed by atoms with E-state index >= 15 is 0 Å². The number of carbonyl (C=O) groups excluding carboxylic acids is 1. The Hall–Kier alpha value is -2.60. The van der Waals surface area contributed by atoms with Crippen LogP contribution in [0.15, 0.2) is 61.2 Å². The van der Waals surface area contributed by atoms with Crippen molar-refractivity contribution in [3.05, 3.63) is 66.8 Å². The first-order valence-corrected chi connectivity index (χ1v) is 5.81. The lowest BCUT2D eigenvalue weighted by Crippen LogP contribution is -1.97. The Kier molecular flexibility index (Phi) is 10.2. The topological polar surface area (TPSA) is 50.1 Å². The summed E-state index contributed by atoms with van der Waals surface area (Å²) in [5.41, 5.74) is 1.14. The van der Waals surface area contributed by atoms with Crippen molar-refractivity contribution in [2.24, 2.45) is 0 Å². The Morgan fingerprint density at radius 1 is 1.37 bits per heavy atom. The summed E-state index contributed by atoms with van der Waals surface area (Å²) in [6, 6.07) is 11.9. The number of nitrogens with zero attached hydrogens (tertiary/aromatic N) is 1. The normalized spacial score (nSPS) is 9.47. The SMILES string of the molecule is C=CC(=O)OCC.N#CC=CC=Cc1ccccc1. The van der Waals surface area contributed by atoms with Gasteiger partial charge in [0, 0.05) is 12.2 Å². The number of benzene rings is 1. The average Bonchev–Trinajstić information content (AvgIpc) is 2.46. The molecule has 0 saturated carbocycles. The lowest BCUT2D eigenvalue weighted by molar-refractivity contribution is -0.137. The molecule has 0 spiro atoms. The van der Waals surface area contributed by atoms with Crippen molar-refractivity contribution in [2.45, 2.75) is 6.92 Å². The zero-order chi connectivity index (χ0) is 14.3. The molecule has 0 unspecified atom stereocenters. The van der Waals surface area contributed by atoms with E-state index in [-0.39, 0.29) is 5.97 Å². The van der Waals surface area contributed by atoms with E-state index in [2.05, 4.69) is 11.3 Å². The van der Waals surface area contributed by atoms with Crippen LogP contribution in [-0.2, 0) is 9.53 Å². The fraction of sp³-hybridized carbons (Fsp3) is 0.125. The largest absolute Gasteiger partial charge is 0.463 e. The van der Waals surface area contributed by atoms with Crippen LogP contribution in [-0.4, -0.2) is 12.6 Å². The Bertz CT molecular complexity index is 467. The number of ether oxygens (including phenoxy) is 1. The van der Waals surface area contributed by atoms with Crippen LogP contribution in [0.5, 0.6) is 0 Å². The van der Waals surface area contributed by atoms with Crippen LogP contribution < -0.4 is 0 Å². The number of carbonyl (C=O) groups is 1. The van der Waals surface area contributed by atoms with Crippen LogP contribution >= 0.6 is 0 Å². The fourth-order valence-electron chi connectivity index (χ4n) is 1.03. The summed E-state index contributed by atoms with van der Waals surface area (Å²) in [6.07, 6.45) is 8.10. The Balaban J connectivity index is 0.000000399. The molecule has 0 aromatic heterocycles. The first kappa shape index (κ1) is 16.4. The van der Waals surface area contributed by atoms with Gasteiger partial charge in [0.05, 0.1) is 12.7 Å². The highest BCUT2D eigenvalue weighted by molar-refractivity contribution is 5.81. The van der Waals surface area contributed by atoms with E-state index in [0.717, 1.165) is 11.6 Å². The van der Waals surface area contributed by atoms with Crippen molar-refractivity contribution in [3.8, 4) is 6.07 Å². The van der Waals surface area contributed by atoms with E-state index in [1.54, 1.807) is 13.0 Å². The van der Waals surface area contributed by atoms with Gasteiger partial charge in [-0.15, -0.1) is 0 Å². The van der Waals surface area contributed by atoms with E-state index < -0.39 is 0 Å². The second kappa shape index (κ2) is 11.9. The second-order valence-electron chi connectivity index (χ2n) is 3.21. The van der Waals surface area contributed by atoms with Gasteiger partial charge in [-0.3, -0.25) is 0 Å². The molecule has 1 rings (SSSR count). The van der Waals surface area contributed by atoms with Gasteiger partial charge < -0.3 is 4.74 Å². The molecule has 19 heavy (non-hydrogen) atoms. The summed E-state index contributed by atoms with van der Waals surface area (Å²) < 4.78 is 4.43. The predicted molar refractivity (Wildman–Crippen MR) is 77.1 cm³/mol. The van der Waals surface area contributed by atoms with Crippen molar-refractivity contribution in [3.63, 3.8) is 0 Å². The molecular weight excluding hydrogens is 238 g/mol. The zero-order valence-electron chi connectivity index (χ0n) is 11.0. The third-order valence-electron chi connectivity index (χ3n) is 1.82. The second-order valence-corrected chi connectivity index (χ2v) is 3.21. The van der Waals surface area contributed by atoms with E-state index in [4.69, 9.17) is 5.26 Å². The van der Waals surface area contributed by atoms with Gasteiger partial charge in [-0.1, -0.05) is 55.1 Å². The quantitative estimate of drug-likeness (QED) is 0.358. The molecule has 0 heterocycles. The predicted octanol–water partition coefficient (Wildman–Crippen LogP) is 3.52. The zero-order valence-corrected chi connectivity index (χ0v) is 11.0. The first-order valence-electron chi connectivity index (χ1n) is 5.81. The van der Waals surface area contributed by atoms with E-state index in [1.165, 1.54) is 6.08 Å². The Morgan fingerprint density at radius 3 is 2.53 bits per heavy atom. The highest BCUT2D eigenvalue weighted by Gasteiger charge is 1.86. The third-order valence-corrected chi connectivity index (χ3v) is 1.82. The number of esters is 1. The van der Waals surface area contributed by atoms with Crippen LogP contribution in [0.1, 0.15) is 12.5 Å². The van der Waals surface area contributed by atoms with Gasteiger partial charge >= 0.3 is 5.97 Å². The van der Waals surface area contributed by atoms with Gasteiger partial charge in [-0.2, -0.15) is 5.26 Å². The minimum absolute atomic E-state index is 0.359. The smallest absolute Gasteiger partial charge is 0.330 e. The molecule has 3 nitrogen and oxygen atoms in total. The van der Waals surface area contributed by atoms with Crippen molar-refractivity contribution < 1.29 is 9.53 Å². The highest BCUT2D eigenvalue weighted by Crippen LogP contribution is 2.00. The van der Waals surface area contributed by atoms with E-state index in [0.29, 0.717) is 6.61 Å². The molecule has 3 heteroatoms. The summed E-state index contributed by atoms with van der Waals surface area (Å²) in [4.78, 5) is 10.1. The maximum atomic E-state index is 10.1. The minimum Gasteiger partial charge on any atom is -0.463 e. The maximum Gasteiger partial charge on any atom is 0.330 e. The average molecular weight is 255 g/mol. The van der Waals surface area contributed by atoms with Crippen LogP contribution in [0.2, 0.25) is 0 Å². The molecule has 0 fully saturated rings. The van der Waals surface area contributed by atoms with Crippen molar-refractivity contribution in [1.29, 1.82) is 5.26 Å². The molecule has 1 aromatic rings. The molecular formula is C16H17NO2. The lowest BCUT2D eigenvalue weighted by atomic mass is 10.2. The number of hydrogen-bond donors (Lipinski definition) is 0. The van der Waals surface area contributed by atoms with E-state index in [9.17, 15) is 4.79 Å². The summed E-state index contributed by atoms with van der Waals surface area (Å²) in [6.45, 7) is 5.38. The summed E-state index contributed by atoms with van der Waals surface area (Å²) in [5.74, 6) is -0.359. The van der Waals surface area contributed by atoms with Crippen LogP contribution in [0, 0.1) is 11.3 Å². The van der Waals surface area contributed by atoms with Crippen molar-refractivity contribution in [1.82, 2.24) is 0 Å².